The molecule has 0 aromatic heterocycles. The fourth-order valence-electron chi connectivity index (χ4n) is 1.14. The van der Waals surface area contributed by atoms with Crippen LogP contribution < -0.4 is 10.6 Å². The van der Waals surface area contributed by atoms with E-state index >= 15 is 0 Å². The topological polar surface area (TPSA) is 29.3 Å². The van der Waals surface area contributed by atoms with E-state index in [4.69, 9.17) is 5.73 Å². The van der Waals surface area contributed by atoms with E-state index in [2.05, 4.69) is 0 Å². The highest BCUT2D eigenvalue weighted by atomic mass is 19.1. The minimum Gasteiger partial charge on any atom is -0.398 e. The van der Waals surface area contributed by atoms with Crippen LogP contribution in [0.1, 0.15) is 12.5 Å². The van der Waals surface area contributed by atoms with Gasteiger partial charge in [0, 0.05) is 19.3 Å². The third kappa shape index (κ3) is 1.91. The molecule has 0 unspecified atom stereocenters. The Labute approximate surface area is 78.2 Å². The lowest BCUT2D eigenvalue weighted by atomic mass is 10.1. The van der Waals surface area contributed by atoms with E-state index in [0.29, 0.717) is 11.4 Å². The van der Waals surface area contributed by atoms with Gasteiger partial charge in [-0.25, -0.2) is 4.39 Å². The zero-order valence-electron chi connectivity index (χ0n) is 8.26. The predicted molar refractivity (Wildman–Crippen MR) is 54.5 cm³/mol. The molecule has 0 aliphatic carbocycles. The van der Waals surface area contributed by atoms with Crippen LogP contribution in [0.25, 0.3) is 0 Å². The van der Waals surface area contributed by atoms with Crippen LogP contribution in [0.4, 0.5) is 15.8 Å². The minimum atomic E-state index is -0.257. The SMILES string of the molecule is CCN(C)c1cc(C)c(N)cc1F. The number of nitrogens with zero attached hydrogens (tertiary/aromatic N) is 1. The van der Waals surface area contributed by atoms with Gasteiger partial charge in [-0.2, -0.15) is 0 Å². The number of rotatable bonds is 2. The fraction of sp³-hybridized carbons (Fsp3) is 0.400. The van der Waals surface area contributed by atoms with Crippen molar-refractivity contribution in [3.05, 3.63) is 23.5 Å². The summed E-state index contributed by atoms with van der Waals surface area (Å²) in [6, 6.07) is 3.14. The molecule has 13 heavy (non-hydrogen) atoms. The van der Waals surface area contributed by atoms with E-state index in [0.717, 1.165) is 12.1 Å². The summed E-state index contributed by atoms with van der Waals surface area (Å²) in [5.41, 5.74) is 7.60. The van der Waals surface area contributed by atoms with Gasteiger partial charge in [0.1, 0.15) is 5.82 Å². The maximum Gasteiger partial charge on any atom is 0.148 e. The van der Waals surface area contributed by atoms with E-state index in [-0.39, 0.29) is 5.82 Å². The molecule has 1 aromatic rings. The molecule has 0 heterocycles. The molecule has 0 spiro atoms. The number of nitrogens with two attached hydrogens (primary N) is 1. The lowest BCUT2D eigenvalue weighted by Crippen LogP contribution is -2.17. The Balaban J connectivity index is 3.15. The number of nitrogen functional groups attached to an aromatic ring is 1. The van der Waals surface area contributed by atoms with Crippen molar-refractivity contribution in [3.8, 4) is 0 Å². The van der Waals surface area contributed by atoms with Gasteiger partial charge >= 0.3 is 0 Å². The molecule has 0 saturated heterocycles. The maximum atomic E-state index is 13.3. The summed E-state index contributed by atoms with van der Waals surface area (Å²) in [7, 11) is 1.86. The molecule has 3 heteroatoms. The van der Waals surface area contributed by atoms with Crippen molar-refractivity contribution in [2.75, 3.05) is 24.2 Å². The zero-order valence-corrected chi connectivity index (χ0v) is 8.26. The molecule has 0 saturated carbocycles. The Bertz CT molecular complexity index is 310. The first-order valence-electron chi connectivity index (χ1n) is 4.33. The van der Waals surface area contributed by atoms with Gasteiger partial charge in [-0.05, 0) is 31.5 Å². The first-order chi connectivity index (χ1) is 6.06. The summed E-state index contributed by atoms with van der Waals surface area (Å²) < 4.78 is 13.3. The molecule has 1 rings (SSSR count). The molecule has 2 nitrogen and oxygen atoms in total. The third-order valence-electron chi connectivity index (χ3n) is 2.22. The van der Waals surface area contributed by atoms with Crippen molar-refractivity contribution < 1.29 is 4.39 Å². The molecule has 0 aliphatic rings. The molecule has 0 atom stereocenters. The standard InChI is InChI=1S/C10H15FN2/c1-4-13(3)10-5-7(2)9(12)6-8(10)11/h5-6H,4,12H2,1-3H3. The number of aryl methyl sites for hydroxylation is 1. The van der Waals surface area contributed by atoms with Crippen LogP contribution in [-0.4, -0.2) is 13.6 Å². The Kier molecular flexibility index (Phi) is 2.76. The molecule has 0 fully saturated rings. The highest BCUT2D eigenvalue weighted by Gasteiger charge is 2.07. The summed E-state index contributed by atoms with van der Waals surface area (Å²) in [5.74, 6) is -0.257. The van der Waals surface area contributed by atoms with E-state index in [1.807, 2.05) is 25.8 Å². The second kappa shape index (κ2) is 3.64. The van der Waals surface area contributed by atoms with Crippen molar-refractivity contribution in [2.24, 2.45) is 0 Å². The van der Waals surface area contributed by atoms with E-state index in [1.165, 1.54) is 6.07 Å². The van der Waals surface area contributed by atoms with Gasteiger partial charge in [0.25, 0.3) is 0 Å². The predicted octanol–water partition coefficient (Wildman–Crippen LogP) is 2.17. The number of hydrogen-bond donors (Lipinski definition) is 1. The Morgan fingerprint density at radius 3 is 2.62 bits per heavy atom. The van der Waals surface area contributed by atoms with E-state index in [1.54, 1.807) is 6.07 Å². The molecule has 0 bridgehead atoms. The number of anilines is 2. The van der Waals surface area contributed by atoms with Crippen molar-refractivity contribution in [1.29, 1.82) is 0 Å². The summed E-state index contributed by atoms with van der Waals surface area (Å²) in [5, 5.41) is 0. The second-order valence-corrected chi connectivity index (χ2v) is 3.17. The number of hydrogen-bond acceptors (Lipinski definition) is 2. The van der Waals surface area contributed by atoms with Crippen LogP contribution in [0.15, 0.2) is 12.1 Å². The Hall–Kier alpha value is -1.25. The highest BCUT2D eigenvalue weighted by Crippen LogP contribution is 2.23. The van der Waals surface area contributed by atoms with Gasteiger partial charge in [0.15, 0.2) is 0 Å². The van der Waals surface area contributed by atoms with Gasteiger partial charge in [-0.3, -0.25) is 0 Å². The molecule has 0 radical (unpaired) electrons. The first kappa shape index (κ1) is 9.84. The lowest BCUT2D eigenvalue weighted by molar-refractivity contribution is 0.624. The Morgan fingerprint density at radius 2 is 2.08 bits per heavy atom. The maximum absolute atomic E-state index is 13.3. The summed E-state index contributed by atoms with van der Waals surface area (Å²) in [6.45, 7) is 4.63. The smallest absolute Gasteiger partial charge is 0.148 e. The average Bonchev–Trinajstić information content (AvgIpc) is 2.10. The number of benzene rings is 1. The van der Waals surface area contributed by atoms with E-state index < -0.39 is 0 Å². The van der Waals surface area contributed by atoms with Crippen LogP contribution in [-0.2, 0) is 0 Å². The van der Waals surface area contributed by atoms with Gasteiger partial charge in [-0.15, -0.1) is 0 Å². The van der Waals surface area contributed by atoms with E-state index in [9.17, 15) is 4.39 Å². The van der Waals surface area contributed by atoms with Crippen molar-refractivity contribution in [2.45, 2.75) is 13.8 Å². The lowest BCUT2D eigenvalue weighted by Gasteiger charge is -2.18. The summed E-state index contributed by atoms with van der Waals surface area (Å²) in [6.07, 6.45) is 0. The second-order valence-electron chi connectivity index (χ2n) is 3.17. The summed E-state index contributed by atoms with van der Waals surface area (Å²) >= 11 is 0. The van der Waals surface area contributed by atoms with Crippen molar-refractivity contribution >= 4 is 11.4 Å². The molecule has 0 amide bonds. The molecule has 72 valence electrons. The average molecular weight is 182 g/mol. The Morgan fingerprint density at radius 1 is 1.46 bits per heavy atom. The normalized spacial score (nSPS) is 10.2. The molecular formula is C10H15FN2. The van der Waals surface area contributed by atoms with Gasteiger partial charge in [0.2, 0.25) is 0 Å². The largest absolute Gasteiger partial charge is 0.398 e. The third-order valence-corrected chi connectivity index (χ3v) is 2.22. The van der Waals surface area contributed by atoms with Gasteiger partial charge in [0.05, 0.1) is 5.69 Å². The van der Waals surface area contributed by atoms with Crippen LogP contribution in [0.5, 0.6) is 0 Å². The van der Waals surface area contributed by atoms with Crippen LogP contribution in [0, 0.1) is 12.7 Å². The minimum absolute atomic E-state index is 0.257. The molecule has 0 aliphatic heterocycles. The summed E-state index contributed by atoms with van der Waals surface area (Å²) in [4.78, 5) is 1.85. The van der Waals surface area contributed by atoms with Crippen LogP contribution >= 0.6 is 0 Å². The van der Waals surface area contributed by atoms with Gasteiger partial charge < -0.3 is 10.6 Å². The van der Waals surface area contributed by atoms with Crippen molar-refractivity contribution in [1.82, 2.24) is 0 Å². The molecule has 1 aromatic carbocycles. The van der Waals surface area contributed by atoms with Gasteiger partial charge in [-0.1, -0.05) is 0 Å². The fourth-order valence-corrected chi connectivity index (χ4v) is 1.14. The quantitative estimate of drug-likeness (QED) is 0.710. The molecule has 2 N–H and O–H groups in total. The van der Waals surface area contributed by atoms with Crippen LogP contribution in [0.2, 0.25) is 0 Å². The molecular weight excluding hydrogens is 167 g/mol. The highest BCUT2D eigenvalue weighted by molar-refractivity contribution is 5.58. The zero-order chi connectivity index (χ0) is 10.0. The van der Waals surface area contributed by atoms with Crippen LogP contribution in [0.3, 0.4) is 0 Å². The monoisotopic (exact) mass is 182 g/mol. The van der Waals surface area contributed by atoms with Crippen molar-refractivity contribution in [3.63, 3.8) is 0 Å². The first-order valence-corrected chi connectivity index (χ1v) is 4.33. The number of halogens is 1.